The van der Waals surface area contributed by atoms with E-state index in [0.29, 0.717) is 18.8 Å². The van der Waals surface area contributed by atoms with E-state index in [1.165, 1.54) is 0 Å². The topological polar surface area (TPSA) is 65.0 Å². The van der Waals surface area contributed by atoms with Crippen molar-refractivity contribution in [3.8, 4) is 0 Å². The lowest BCUT2D eigenvalue weighted by Gasteiger charge is -2.33. The first-order chi connectivity index (χ1) is 11.1. The van der Waals surface area contributed by atoms with Crippen LogP contribution in [0, 0.1) is 11.8 Å². The summed E-state index contributed by atoms with van der Waals surface area (Å²) in [5, 5.41) is 10.1. The molecule has 0 radical (unpaired) electrons. The number of hydrogen-bond donors (Lipinski definition) is 1. The van der Waals surface area contributed by atoms with Gasteiger partial charge < -0.3 is 19.3 Å². The molecule has 0 aliphatic heterocycles. The normalized spacial score (nSPS) is 38.8. The Morgan fingerprint density at radius 3 is 2.35 bits per heavy atom. The molecule has 2 saturated carbocycles. The van der Waals surface area contributed by atoms with Crippen LogP contribution < -0.4 is 0 Å². The van der Waals surface area contributed by atoms with E-state index in [2.05, 4.69) is 0 Å². The highest BCUT2D eigenvalue weighted by atomic mass is 16.5. The Labute approximate surface area is 139 Å². The summed E-state index contributed by atoms with van der Waals surface area (Å²) in [6.07, 6.45) is 8.27. The third-order valence-corrected chi connectivity index (χ3v) is 5.37. The molecule has 0 saturated heterocycles. The number of carbonyl (C=O) groups is 1. The van der Waals surface area contributed by atoms with Crippen molar-refractivity contribution < 1.29 is 24.1 Å². The first-order valence-electron chi connectivity index (χ1n) is 8.57. The Kier molecular flexibility index (Phi) is 7.21. The maximum Gasteiger partial charge on any atom is 0.161 e. The summed E-state index contributed by atoms with van der Waals surface area (Å²) in [4.78, 5) is 12.4. The van der Waals surface area contributed by atoms with Gasteiger partial charge in [0.15, 0.2) is 5.78 Å². The number of methoxy groups -OCH3 is 3. The third-order valence-electron chi connectivity index (χ3n) is 5.37. The summed E-state index contributed by atoms with van der Waals surface area (Å²) in [7, 11) is 5.09. The molecule has 23 heavy (non-hydrogen) atoms. The van der Waals surface area contributed by atoms with Crippen molar-refractivity contribution in [1.29, 1.82) is 0 Å². The molecule has 0 aromatic heterocycles. The molecule has 5 nitrogen and oxygen atoms in total. The molecule has 0 aromatic rings. The van der Waals surface area contributed by atoms with Gasteiger partial charge in [-0.3, -0.25) is 4.79 Å². The van der Waals surface area contributed by atoms with Gasteiger partial charge in [-0.15, -0.1) is 0 Å². The standard InChI is InChI=1S/C18H30O5/c1-21-13-6-8-16(20)14(11-13)15(19)7-4-12-5-9-17(22-2)18(10-12)23-3/h4,7,12-14,16-18,20H,5-6,8-11H2,1-3H3/b7-4+. The lowest BCUT2D eigenvalue weighted by Crippen LogP contribution is -2.37. The van der Waals surface area contributed by atoms with Crippen LogP contribution in [-0.2, 0) is 19.0 Å². The Hall–Kier alpha value is -0.750. The molecule has 2 aliphatic rings. The Balaban J connectivity index is 1.90. The molecule has 2 aliphatic carbocycles. The van der Waals surface area contributed by atoms with Crippen LogP contribution in [0.3, 0.4) is 0 Å². The maximum atomic E-state index is 12.4. The molecule has 6 atom stereocenters. The van der Waals surface area contributed by atoms with Crippen molar-refractivity contribution >= 4 is 5.78 Å². The fourth-order valence-corrected chi connectivity index (χ4v) is 3.82. The largest absolute Gasteiger partial charge is 0.392 e. The molecular weight excluding hydrogens is 296 g/mol. The second-order valence-corrected chi connectivity index (χ2v) is 6.73. The Morgan fingerprint density at radius 1 is 0.957 bits per heavy atom. The van der Waals surface area contributed by atoms with Crippen LogP contribution in [0.1, 0.15) is 38.5 Å². The zero-order chi connectivity index (χ0) is 16.8. The van der Waals surface area contributed by atoms with Crippen molar-refractivity contribution in [2.75, 3.05) is 21.3 Å². The van der Waals surface area contributed by atoms with E-state index in [1.807, 2.05) is 6.08 Å². The molecule has 1 N–H and O–H groups in total. The fourth-order valence-electron chi connectivity index (χ4n) is 3.82. The van der Waals surface area contributed by atoms with E-state index in [4.69, 9.17) is 14.2 Å². The molecule has 2 rings (SSSR count). The van der Waals surface area contributed by atoms with Gasteiger partial charge in [0.25, 0.3) is 0 Å². The number of aliphatic hydroxyl groups is 1. The van der Waals surface area contributed by atoms with Crippen LogP contribution >= 0.6 is 0 Å². The average molecular weight is 326 g/mol. The number of carbonyl (C=O) groups excluding carboxylic acids is 1. The average Bonchev–Trinajstić information content (AvgIpc) is 2.59. The number of ether oxygens (including phenoxy) is 3. The van der Waals surface area contributed by atoms with Crippen molar-refractivity contribution in [3.63, 3.8) is 0 Å². The van der Waals surface area contributed by atoms with Crippen LogP contribution in [0.15, 0.2) is 12.2 Å². The fraction of sp³-hybridized carbons (Fsp3) is 0.833. The summed E-state index contributed by atoms with van der Waals surface area (Å²) >= 11 is 0. The minimum atomic E-state index is -0.547. The third kappa shape index (κ3) is 4.86. The van der Waals surface area contributed by atoms with E-state index in [-0.39, 0.29) is 30.0 Å². The molecule has 5 heteroatoms. The minimum absolute atomic E-state index is 0.0158. The molecule has 0 spiro atoms. The van der Waals surface area contributed by atoms with Crippen LogP contribution in [0.2, 0.25) is 0 Å². The van der Waals surface area contributed by atoms with Crippen molar-refractivity contribution in [2.45, 2.75) is 62.9 Å². The molecular formula is C18H30O5. The predicted octanol–water partition coefficient (Wildman–Crippen LogP) is 2.12. The Morgan fingerprint density at radius 2 is 1.70 bits per heavy atom. The van der Waals surface area contributed by atoms with E-state index >= 15 is 0 Å². The first-order valence-corrected chi connectivity index (χ1v) is 8.57. The smallest absolute Gasteiger partial charge is 0.161 e. The van der Waals surface area contributed by atoms with Gasteiger partial charge in [-0.2, -0.15) is 0 Å². The first kappa shape index (κ1) is 18.6. The number of ketones is 1. The van der Waals surface area contributed by atoms with Crippen LogP contribution in [0.5, 0.6) is 0 Å². The highest BCUT2D eigenvalue weighted by molar-refractivity contribution is 5.92. The van der Waals surface area contributed by atoms with Crippen LogP contribution in [0.4, 0.5) is 0 Å². The SMILES string of the molecule is COC1CCC(O)C(C(=O)/C=C/C2CCC(OC)C(OC)C2)C1. The second-order valence-electron chi connectivity index (χ2n) is 6.73. The van der Waals surface area contributed by atoms with Gasteiger partial charge in [-0.25, -0.2) is 0 Å². The van der Waals surface area contributed by atoms with Crippen LogP contribution in [0.25, 0.3) is 0 Å². The van der Waals surface area contributed by atoms with Crippen molar-refractivity contribution in [3.05, 3.63) is 12.2 Å². The van der Waals surface area contributed by atoms with E-state index in [9.17, 15) is 9.90 Å². The quantitative estimate of drug-likeness (QED) is 0.758. The zero-order valence-electron chi connectivity index (χ0n) is 14.4. The van der Waals surface area contributed by atoms with Gasteiger partial charge in [-0.1, -0.05) is 6.08 Å². The van der Waals surface area contributed by atoms with Gasteiger partial charge in [0.1, 0.15) is 0 Å². The highest BCUT2D eigenvalue weighted by Crippen LogP contribution is 2.30. The van der Waals surface area contributed by atoms with Crippen molar-refractivity contribution in [2.24, 2.45) is 11.8 Å². The second kappa shape index (κ2) is 8.92. The summed E-state index contributed by atoms with van der Waals surface area (Å²) in [5.41, 5.74) is 0. The lowest BCUT2D eigenvalue weighted by atomic mass is 9.80. The highest BCUT2D eigenvalue weighted by Gasteiger charge is 2.34. The summed E-state index contributed by atoms with van der Waals surface area (Å²) in [6.45, 7) is 0. The maximum absolute atomic E-state index is 12.4. The Bertz CT molecular complexity index is 408. The molecule has 0 aromatic carbocycles. The van der Waals surface area contributed by atoms with Crippen LogP contribution in [-0.4, -0.2) is 56.6 Å². The summed E-state index contributed by atoms with van der Waals surface area (Å²) in [6, 6.07) is 0. The lowest BCUT2D eigenvalue weighted by molar-refractivity contribution is -0.126. The van der Waals surface area contributed by atoms with Gasteiger partial charge in [0.05, 0.1) is 30.3 Å². The molecule has 2 fully saturated rings. The van der Waals surface area contributed by atoms with E-state index in [0.717, 1.165) is 25.7 Å². The summed E-state index contributed by atoms with van der Waals surface area (Å²) < 4.78 is 16.3. The number of rotatable bonds is 6. The van der Waals surface area contributed by atoms with Gasteiger partial charge >= 0.3 is 0 Å². The van der Waals surface area contributed by atoms with Gasteiger partial charge in [-0.05, 0) is 50.5 Å². The van der Waals surface area contributed by atoms with Gasteiger partial charge in [0, 0.05) is 21.3 Å². The number of allylic oxidation sites excluding steroid dienone is 2. The van der Waals surface area contributed by atoms with E-state index in [1.54, 1.807) is 27.4 Å². The number of hydrogen-bond acceptors (Lipinski definition) is 5. The molecule has 132 valence electrons. The molecule has 0 amide bonds. The molecule has 0 bridgehead atoms. The zero-order valence-corrected chi connectivity index (χ0v) is 14.4. The van der Waals surface area contributed by atoms with Gasteiger partial charge in [0.2, 0.25) is 0 Å². The number of aliphatic hydroxyl groups excluding tert-OH is 1. The van der Waals surface area contributed by atoms with E-state index < -0.39 is 6.10 Å². The minimum Gasteiger partial charge on any atom is -0.392 e. The van der Waals surface area contributed by atoms with Crippen molar-refractivity contribution in [1.82, 2.24) is 0 Å². The molecule has 0 heterocycles. The monoisotopic (exact) mass is 326 g/mol. The summed E-state index contributed by atoms with van der Waals surface area (Å²) in [5.74, 6) is 0.00910. The predicted molar refractivity (Wildman–Crippen MR) is 87.2 cm³/mol. The molecule has 6 unspecified atom stereocenters.